The first-order valence-electron chi connectivity index (χ1n) is 15.2. The number of nitrogens with zero attached hydrogens (tertiary/aromatic N) is 2. The van der Waals surface area contributed by atoms with Gasteiger partial charge in [0.1, 0.15) is 17.0 Å². The Hall–Kier alpha value is -5.39. The van der Waals surface area contributed by atoms with E-state index >= 15 is 0 Å². The Morgan fingerprint density at radius 3 is 2.04 bits per heavy atom. The Kier molecular flexibility index (Phi) is 6.17. The van der Waals surface area contributed by atoms with Gasteiger partial charge < -0.3 is 10.6 Å². The summed E-state index contributed by atoms with van der Waals surface area (Å²) in [7, 11) is 0. The van der Waals surface area contributed by atoms with E-state index in [0.717, 1.165) is 28.4 Å². The third-order valence-corrected chi connectivity index (χ3v) is 9.94. The lowest BCUT2D eigenvalue weighted by Gasteiger charge is -2.22. The second-order valence-electron chi connectivity index (χ2n) is 11.5. The van der Waals surface area contributed by atoms with Crippen LogP contribution in [0.4, 0.5) is 5.69 Å². The molecule has 2 atom stereocenters. The van der Waals surface area contributed by atoms with E-state index in [0.29, 0.717) is 0 Å². The van der Waals surface area contributed by atoms with Gasteiger partial charge in [0.05, 0.1) is 5.69 Å². The lowest BCUT2D eigenvalue weighted by Crippen LogP contribution is -2.36. The van der Waals surface area contributed by atoms with E-state index in [1.54, 1.807) is 0 Å². The van der Waals surface area contributed by atoms with Crippen LogP contribution in [0.15, 0.2) is 160 Å². The van der Waals surface area contributed by atoms with Gasteiger partial charge in [-0.1, -0.05) is 139 Å². The van der Waals surface area contributed by atoms with E-state index in [2.05, 4.69) is 120 Å². The van der Waals surface area contributed by atoms with Gasteiger partial charge in [-0.2, -0.15) is 0 Å². The molecule has 0 radical (unpaired) electrons. The first-order chi connectivity index (χ1) is 22.3. The van der Waals surface area contributed by atoms with E-state index in [1.165, 1.54) is 48.5 Å². The fourth-order valence-corrected chi connectivity index (χ4v) is 7.59. The Morgan fingerprint density at radius 2 is 1.20 bits per heavy atom. The van der Waals surface area contributed by atoms with Gasteiger partial charge in [0.15, 0.2) is 6.17 Å². The molecule has 0 spiro atoms. The normalized spacial score (nSPS) is 17.4. The third kappa shape index (κ3) is 4.64. The van der Waals surface area contributed by atoms with E-state index < -0.39 is 0 Å². The smallest absolute Gasteiger partial charge is 0.169 e. The largest absolute Gasteiger partial charge is 0.368 e. The Morgan fingerprint density at radius 1 is 0.511 bits per heavy atom. The van der Waals surface area contributed by atoms with Crippen LogP contribution in [-0.4, -0.2) is 11.7 Å². The van der Waals surface area contributed by atoms with Crippen LogP contribution < -0.4 is 10.6 Å². The molecule has 4 nitrogen and oxygen atoms in total. The molecule has 0 bridgehead atoms. The van der Waals surface area contributed by atoms with Crippen LogP contribution in [0.25, 0.3) is 32.3 Å². The minimum Gasteiger partial charge on any atom is -0.368 e. The SMILES string of the molecule is c1ccc(C2=NC(c3ccccc3)N=C(c3ccc4c(ccc5ccc6c(c54)NC(c4ccc5ccccc5c4)S6)c3)N2)cc1. The second-order valence-corrected chi connectivity index (χ2v) is 12.7. The van der Waals surface area contributed by atoms with Gasteiger partial charge in [0.25, 0.3) is 0 Å². The molecule has 2 aliphatic rings. The van der Waals surface area contributed by atoms with E-state index in [1.807, 2.05) is 48.2 Å². The van der Waals surface area contributed by atoms with Gasteiger partial charge in [-0.15, -0.1) is 0 Å². The molecular weight excluding hydrogens is 569 g/mol. The van der Waals surface area contributed by atoms with Crippen LogP contribution in [0, 0.1) is 0 Å². The van der Waals surface area contributed by atoms with E-state index in [4.69, 9.17) is 9.98 Å². The van der Waals surface area contributed by atoms with Gasteiger partial charge in [-0.3, -0.25) is 0 Å². The number of rotatable bonds is 4. The molecule has 2 heterocycles. The fourth-order valence-electron chi connectivity index (χ4n) is 6.45. The van der Waals surface area contributed by atoms with Crippen molar-refractivity contribution < 1.29 is 0 Å². The molecule has 2 unspecified atom stereocenters. The molecule has 2 N–H and O–H groups in total. The van der Waals surface area contributed by atoms with Crippen molar-refractivity contribution in [1.29, 1.82) is 0 Å². The molecule has 214 valence electrons. The molecular formula is C40H28N4S. The molecule has 5 heteroatoms. The highest BCUT2D eigenvalue weighted by Gasteiger charge is 2.26. The number of anilines is 1. The Bertz CT molecular complexity index is 2310. The fraction of sp³-hybridized carbons (Fsp3) is 0.0500. The zero-order valence-electron chi connectivity index (χ0n) is 24.3. The van der Waals surface area contributed by atoms with Crippen LogP contribution in [0.1, 0.15) is 33.8 Å². The topological polar surface area (TPSA) is 48.8 Å². The molecule has 7 aromatic rings. The van der Waals surface area contributed by atoms with E-state index in [-0.39, 0.29) is 11.5 Å². The molecule has 0 aliphatic carbocycles. The molecule has 2 aliphatic heterocycles. The predicted molar refractivity (Wildman–Crippen MR) is 189 cm³/mol. The molecule has 0 fully saturated rings. The number of fused-ring (bicyclic) bond motifs is 6. The first-order valence-corrected chi connectivity index (χ1v) is 16.1. The molecule has 45 heavy (non-hydrogen) atoms. The zero-order valence-corrected chi connectivity index (χ0v) is 25.1. The summed E-state index contributed by atoms with van der Waals surface area (Å²) in [5.74, 6) is 1.65. The summed E-state index contributed by atoms with van der Waals surface area (Å²) < 4.78 is 0. The maximum absolute atomic E-state index is 5.09. The number of hydrogen-bond donors (Lipinski definition) is 2. The standard InChI is InChI=1S/C40H28N4S/c1-3-10-27(11-4-1)37-42-38(28-12-5-2-6-13-28)44-39(43-37)31-19-21-33-30(24-31)17-16-26-20-22-34-36(35(26)33)41-40(45-34)32-18-15-25-9-7-8-14-29(25)23-32/h1-24,37,40-41H,(H,42,43,44). The molecule has 0 saturated heterocycles. The second kappa shape index (κ2) is 10.7. The van der Waals surface area contributed by atoms with Crippen molar-refractivity contribution >= 4 is 61.4 Å². The zero-order chi connectivity index (χ0) is 29.7. The maximum Gasteiger partial charge on any atom is 0.169 e. The highest BCUT2D eigenvalue weighted by molar-refractivity contribution is 8.00. The van der Waals surface area contributed by atoms with Crippen LogP contribution in [0.2, 0.25) is 0 Å². The van der Waals surface area contributed by atoms with Crippen LogP contribution in [0.3, 0.4) is 0 Å². The van der Waals surface area contributed by atoms with Crippen LogP contribution in [0.5, 0.6) is 0 Å². The highest BCUT2D eigenvalue weighted by Crippen LogP contribution is 2.51. The summed E-state index contributed by atoms with van der Waals surface area (Å²) in [5, 5.41) is 15.0. The molecule has 0 aromatic heterocycles. The molecule has 7 aromatic carbocycles. The van der Waals surface area contributed by atoms with Gasteiger partial charge in [0.2, 0.25) is 0 Å². The van der Waals surface area contributed by atoms with Crippen molar-refractivity contribution in [2.24, 2.45) is 9.98 Å². The number of hydrogen-bond acceptors (Lipinski definition) is 5. The summed E-state index contributed by atoms with van der Waals surface area (Å²) in [6, 6.07) is 51.6. The van der Waals surface area contributed by atoms with Crippen molar-refractivity contribution in [3.8, 4) is 0 Å². The summed E-state index contributed by atoms with van der Waals surface area (Å²) in [6.07, 6.45) is -0.318. The van der Waals surface area contributed by atoms with Gasteiger partial charge >= 0.3 is 0 Å². The van der Waals surface area contributed by atoms with Crippen molar-refractivity contribution in [3.05, 3.63) is 168 Å². The summed E-state index contributed by atoms with van der Waals surface area (Å²) >= 11 is 1.89. The summed E-state index contributed by atoms with van der Waals surface area (Å²) in [6.45, 7) is 0. The Labute approximate surface area is 265 Å². The van der Waals surface area contributed by atoms with Crippen LogP contribution >= 0.6 is 11.8 Å². The van der Waals surface area contributed by atoms with Gasteiger partial charge in [-0.05, 0) is 56.3 Å². The minimum atomic E-state index is -0.318. The molecule has 0 saturated carbocycles. The van der Waals surface area contributed by atoms with E-state index in [9.17, 15) is 0 Å². The number of amidine groups is 2. The monoisotopic (exact) mass is 596 g/mol. The number of aliphatic imine (C=N–C) groups is 2. The quantitative estimate of drug-likeness (QED) is 0.199. The van der Waals surface area contributed by atoms with Gasteiger partial charge in [-0.25, -0.2) is 9.98 Å². The lowest BCUT2D eigenvalue weighted by atomic mass is 9.98. The van der Waals surface area contributed by atoms with Crippen molar-refractivity contribution in [2.75, 3.05) is 5.32 Å². The number of thioether (sulfide) groups is 1. The van der Waals surface area contributed by atoms with Crippen molar-refractivity contribution in [2.45, 2.75) is 16.4 Å². The third-order valence-electron chi connectivity index (χ3n) is 8.72. The molecule has 0 amide bonds. The van der Waals surface area contributed by atoms with Crippen LogP contribution in [-0.2, 0) is 0 Å². The summed E-state index contributed by atoms with van der Waals surface area (Å²) in [4.78, 5) is 11.4. The van der Waals surface area contributed by atoms with Crippen molar-refractivity contribution in [3.63, 3.8) is 0 Å². The average Bonchev–Trinajstić information content (AvgIpc) is 3.56. The lowest BCUT2D eigenvalue weighted by molar-refractivity contribution is 0.756. The predicted octanol–water partition coefficient (Wildman–Crippen LogP) is 9.86. The Balaban J connectivity index is 1.11. The van der Waals surface area contributed by atoms with Gasteiger partial charge in [0, 0.05) is 21.4 Å². The summed E-state index contributed by atoms with van der Waals surface area (Å²) in [5.41, 5.74) is 5.64. The number of benzene rings is 7. The highest BCUT2D eigenvalue weighted by atomic mass is 32.2. The van der Waals surface area contributed by atoms with Crippen molar-refractivity contribution in [1.82, 2.24) is 5.32 Å². The first kappa shape index (κ1) is 26.1. The maximum atomic E-state index is 5.09. The minimum absolute atomic E-state index is 0.163. The number of nitrogens with one attached hydrogen (secondary N) is 2. The molecule has 9 rings (SSSR count). The average molecular weight is 597 g/mol.